The van der Waals surface area contributed by atoms with Gasteiger partial charge in [0, 0.05) is 54.5 Å². The SMILES string of the molecule is CCOc1cc2nc(-c3cccc(C(F)(F)F)c3)c(CN3CCC(N4CCOCC4)CC3)c(C(=O)NC(c3ccccc3)C(F)(F)F)c2cc1S(C)(=O)=O. The number of alkyl halides is 6. The van der Waals surface area contributed by atoms with Gasteiger partial charge in [-0.25, -0.2) is 13.4 Å². The zero-order valence-corrected chi connectivity index (χ0v) is 30.5. The van der Waals surface area contributed by atoms with Crippen LogP contribution in [0.15, 0.2) is 71.6 Å². The molecule has 0 aliphatic carbocycles. The number of halogens is 6. The minimum Gasteiger partial charge on any atom is -0.492 e. The lowest BCUT2D eigenvalue weighted by molar-refractivity contribution is -0.155. The van der Waals surface area contributed by atoms with Gasteiger partial charge in [0.2, 0.25) is 0 Å². The Labute approximate surface area is 309 Å². The average molecular weight is 779 g/mol. The number of ether oxygens (including phenoxy) is 2. The molecule has 4 aromatic rings. The van der Waals surface area contributed by atoms with Crippen molar-refractivity contribution in [2.24, 2.45) is 0 Å². The number of pyridine rings is 1. The van der Waals surface area contributed by atoms with Crippen LogP contribution in [0.25, 0.3) is 22.2 Å². The second kappa shape index (κ2) is 15.8. The number of fused-ring (bicyclic) bond motifs is 1. The summed E-state index contributed by atoms with van der Waals surface area (Å²) in [6, 6.07) is 11.3. The molecular formula is C38H40F6N4O5S. The highest BCUT2D eigenvalue weighted by Gasteiger charge is 2.43. The molecular weight excluding hydrogens is 738 g/mol. The Morgan fingerprint density at radius 3 is 2.26 bits per heavy atom. The van der Waals surface area contributed by atoms with Gasteiger partial charge in [0.1, 0.15) is 10.6 Å². The number of hydrogen-bond acceptors (Lipinski definition) is 8. The minimum absolute atomic E-state index is 0.0282. The lowest BCUT2D eigenvalue weighted by atomic mass is 9.93. The van der Waals surface area contributed by atoms with Gasteiger partial charge in [0.25, 0.3) is 5.91 Å². The number of nitrogens with one attached hydrogen (secondary N) is 1. The number of carbonyl (C=O) groups excluding carboxylic acids is 1. The Kier molecular flexibility index (Phi) is 11.6. The molecule has 1 amide bonds. The second-order valence-corrected chi connectivity index (χ2v) is 15.4. The van der Waals surface area contributed by atoms with Gasteiger partial charge in [-0.3, -0.25) is 14.6 Å². The first-order valence-corrected chi connectivity index (χ1v) is 19.4. The van der Waals surface area contributed by atoms with Crippen molar-refractivity contribution in [3.63, 3.8) is 0 Å². The van der Waals surface area contributed by atoms with E-state index in [1.807, 2.05) is 4.90 Å². The summed E-state index contributed by atoms with van der Waals surface area (Å²) in [6.45, 7) is 5.37. The third-order valence-electron chi connectivity index (χ3n) is 9.78. The summed E-state index contributed by atoms with van der Waals surface area (Å²) in [6.07, 6.45) is -7.32. The van der Waals surface area contributed by atoms with Crippen LogP contribution >= 0.6 is 0 Å². The van der Waals surface area contributed by atoms with E-state index in [-0.39, 0.29) is 68.7 Å². The maximum absolute atomic E-state index is 14.7. The van der Waals surface area contributed by atoms with E-state index in [2.05, 4.69) is 10.2 Å². The quantitative estimate of drug-likeness (QED) is 0.171. The monoisotopic (exact) mass is 778 g/mol. The lowest BCUT2D eigenvalue weighted by Gasteiger charge is -2.40. The first kappa shape index (κ1) is 39.4. The van der Waals surface area contributed by atoms with E-state index in [1.54, 1.807) is 6.92 Å². The van der Waals surface area contributed by atoms with Gasteiger partial charge >= 0.3 is 12.4 Å². The van der Waals surface area contributed by atoms with Crippen LogP contribution in [0.4, 0.5) is 26.3 Å². The molecule has 2 aliphatic heterocycles. The van der Waals surface area contributed by atoms with Crippen molar-refractivity contribution in [2.45, 2.75) is 55.6 Å². The Morgan fingerprint density at radius 1 is 0.963 bits per heavy atom. The fourth-order valence-electron chi connectivity index (χ4n) is 7.18. The fraction of sp³-hybridized carbons (Fsp3) is 0.421. The molecule has 0 saturated carbocycles. The molecule has 2 aliphatic rings. The molecule has 0 bridgehead atoms. The van der Waals surface area contributed by atoms with Crippen molar-refractivity contribution in [2.75, 3.05) is 52.3 Å². The zero-order valence-electron chi connectivity index (χ0n) is 29.6. The Morgan fingerprint density at radius 2 is 1.65 bits per heavy atom. The van der Waals surface area contributed by atoms with Crippen LogP contribution in [-0.2, 0) is 27.3 Å². The highest BCUT2D eigenvalue weighted by Crippen LogP contribution is 2.40. The first-order chi connectivity index (χ1) is 25.5. The van der Waals surface area contributed by atoms with Gasteiger partial charge in [-0.15, -0.1) is 0 Å². The fourth-order valence-corrected chi connectivity index (χ4v) is 7.99. The molecule has 3 aromatic carbocycles. The summed E-state index contributed by atoms with van der Waals surface area (Å²) in [7, 11) is -4.03. The van der Waals surface area contributed by atoms with Crippen molar-refractivity contribution >= 4 is 26.6 Å². The summed E-state index contributed by atoms with van der Waals surface area (Å²) in [4.78, 5) is 23.3. The van der Waals surface area contributed by atoms with Crippen LogP contribution in [0.5, 0.6) is 5.75 Å². The van der Waals surface area contributed by atoms with Crippen molar-refractivity contribution in [1.29, 1.82) is 0 Å². The average Bonchev–Trinajstić information content (AvgIpc) is 3.13. The number of sulfone groups is 1. The molecule has 54 heavy (non-hydrogen) atoms. The molecule has 9 nitrogen and oxygen atoms in total. The van der Waals surface area contributed by atoms with E-state index in [9.17, 15) is 39.6 Å². The highest BCUT2D eigenvalue weighted by atomic mass is 32.2. The van der Waals surface area contributed by atoms with Gasteiger partial charge in [-0.2, -0.15) is 26.3 Å². The summed E-state index contributed by atoms with van der Waals surface area (Å²) in [5.41, 5.74) is -1.67. The van der Waals surface area contributed by atoms with E-state index in [0.717, 1.165) is 50.4 Å². The van der Waals surface area contributed by atoms with E-state index in [4.69, 9.17) is 14.5 Å². The molecule has 6 rings (SSSR count). The summed E-state index contributed by atoms with van der Waals surface area (Å²) >= 11 is 0. The topological polar surface area (TPSA) is 101 Å². The van der Waals surface area contributed by atoms with E-state index < -0.39 is 39.7 Å². The molecule has 16 heteroatoms. The largest absolute Gasteiger partial charge is 0.492 e. The van der Waals surface area contributed by atoms with Crippen molar-refractivity contribution < 1.29 is 49.0 Å². The van der Waals surface area contributed by atoms with Gasteiger partial charge in [-0.05, 0) is 56.6 Å². The number of hydrogen-bond donors (Lipinski definition) is 1. The predicted molar refractivity (Wildman–Crippen MR) is 190 cm³/mol. The second-order valence-electron chi connectivity index (χ2n) is 13.4. The van der Waals surface area contributed by atoms with Crippen LogP contribution in [0.1, 0.15) is 52.9 Å². The number of piperidine rings is 1. The van der Waals surface area contributed by atoms with Crippen molar-refractivity contribution in [3.8, 4) is 17.0 Å². The minimum atomic E-state index is -4.95. The van der Waals surface area contributed by atoms with Crippen LogP contribution in [0.3, 0.4) is 0 Å². The van der Waals surface area contributed by atoms with Crippen LogP contribution in [-0.4, -0.2) is 93.6 Å². The Balaban J connectivity index is 1.57. The number of rotatable bonds is 10. The standard InChI is InChI=1S/C38H40F6N4O5S/c1-3-53-31-22-30-28(21-32(31)54(2,50)51)33(36(49)46-35(38(42,43)44)24-8-5-4-6-9-24)29(34(45-30)25-10-7-11-26(20-25)37(39,40)41)23-47-14-12-27(13-15-47)48-16-18-52-19-17-48/h4-11,20-22,27,35H,3,12-19,23H2,1-2H3,(H,46,49). The Hall–Kier alpha value is -4.25. The normalized spacial score (nSPS) is 17.4. The number of morpholine rings is 1. The van der Waals surface area contributed by atoms with E-state index in [0.29, 0.717) is 26.3 Å². The first-order valence-electron chi connectivity index (χ1n) is 17.5. The van der Waals surface area contributed by atoms with Crippen molar-refractivity contribution in [1.82, 2.24) is 20.1 Å². The highest BCUT2D eigenvalue weighted by molar-refractivity contribution is 7.90. The van der Waals surface area contributed by atoms with E-state index >= 15 is 0 Å². The van der Waals surface area contributed by atoms with Gasteiger partial charge in [0.15, 0.2) is 15.9 Å². The third-order valence-corrected chi connectivity index (χ3v) is 10.9. The van der Waals surface area contributed by atoms with Crippen LogP contribution in [0.2, 0.25) is 0 Å². The molecule has 1 N–H and O–H groups in total. The maximum Gasteiger partial charge on any atom is 0.416 e. The smallest absolute Gasteiger partial charge is 0.416 e. The summed E-state index contributed by atoms with van der Waals surface area (Å²) in [5, 5.41) is 2.03. The molecule has 2 saturated heterocycles. The molecule has 1 aromatic heterocycles. The molecule has 0 radical (unpaired) electrons. The van der Waals surface area contributed by atoms with Crippen molar-refractivity contribution in [3.05, 3.63) is 89.0 Å². The van der Waals surface area contributed by atoms with Gasteiger partial charge in [-0.1, -0.05) is 42.5 Å². The predicted octanol–water partition coefficient (Wildman–Crippen LogP) is 7.05. The van der Waals surface area contributed by atoms with Gasteiger partial charge in [0.05, 0.1) is 42.2 Å². The molecule has 3 heterocycles. The van der Waals surface area contributed by atoms with Gasteiger partial charge < -0.3 is 14.8 Å². The molecule has 0 spiro atoms. The lowest BCUT2D eigenvalue weighted by Crippen LogP contribution is -2.48. The molecule has 1 unspecified atom stereocenters. The number of nitrogens with zero attached hydrogens (tertiary/aromatic N) is 3. The number of benzene rings is 3. The van der Waals surface area contributed by atoms with Crippen LogP contribution in [0, 0.1) is 0 Å². The number of amides is 1. The molecule has 1 atom stereocenters. The Bertz CT molecular complexity index is 2080. The third kappa shape index (κ3) is 8.82. The molecule has 290 valence electrons. The zero-order chi connectivity index (χ0) is 38.8. The van der Waals surface area contributed by atoms with Crippen LogP contribution < -0.4 is 10.1 Å². The number of likely N-dealkylation sites (tertiary alicyclic amines) is 1. The van der Waals surface area contributed by atoms with E-state index in [1.165, 1.54) is 48.5 Å². The molecule has 2 fully saturated rings. The number of aromatic nitrogens is 1. The summed E-state index contributed by atoms with van der Waals surface area (Å²) < 4.78 is 123. The summed E-state index contributed by atoms with van der Waals surface area (Å²) in [5.74, 6) is -1.33. The maximum atomic E-state index is 14.7. The number of carbonyl (C=O) groups is 1.